The predicted octanol–water partition coefficient (Wildman–Crippen LogP) is 3.11. The van der Waals surface area contributed by atoms with Gasteiger partial charge in [0.15, 0.2) is 0 Å². The number of rotatable bonds is 4. The van der Waals surface area contributed by atoms with E-state index in [0.717, 1.165) is 18.1 Å². The van der Waals surface area contributed by atoms with Crippen LogP contribution < -0.4 is 0 Å². The lowest BCUT2D eigenvalue weighted by Crippen LogP contribution is -2.08. The molecule has 0 fully saturated rings. The van der Waals surface area contributed by atoms with Gasteiger partial charge in [-0.1, -0.05) is 34.1 Å². The van der Waals surface area contributed by atoms with E-state index in [0.29, 0.717) is 5.92 Å². The average molecular weight is 165 g/mol. The molecule has 0 radical (unpaired) electrons. The van der Waals surface area contributed by atoms with Crippen molar-refractivity contribution in [3.63, 3.8) is 0 Å². The van der Waals surface area contributed by atoms with Gasteiger partial charge in [0.1, 0.15) is 0 Å². The second-order valence-corrected chi connectivity index (χ2v) is 3.82. The van der Waals surface area contributed by atoms with Gasteiger partial charge >= 0.3 is 0 Å². The van der Waals surface area contributed by atoms with E-state index in [1.165, 1.54) is 6.42 Å². The topological polar surface area (TPSA) is 12.4 Å². The summed E-state index contributed by atoms with van der Waals surface area (Å²) >= 11 is 0. The van der Waals surface area contributed by atoms with Crippen molar-refractivity contribution in [2.45, 2.75) is 40.5 Å². The van der Waals surface area contributed by atoms with E-state index in [-0.39, 0.29) is 0 Å². The maximum atomic E-state index is 5.14. The van der Waals surface area contributed by atoms with Crippen LogP contribution in [0.2, 0.25) is 0 Å². The van der Waals surface area contributed by atoms with Gasteiger partial charge in [-0.25, -0.2) is 4.99 Å². The van der Waals surface area contributed by atoms with Crippen LogP contribution in [0.3, 0.4) is 0 Å². The third kappa shape index (κ3) is 4.96. The maximum absolute atomic E-state index is 5.14. The van der Waals surface area contributed by atoms with Gasteiger partial charge in [-0.05, 0) is 24.7 Å². The molecule has 1 heteroatoms. The molecule has 0 saturated heterocycles. The molecule has 0 aromatic rings. The highest BCUT2D eigenvalue weighted by Gasteiger charge is 2.05. The first-order chi connectivity index (χ1) is 5.57. The van der Waals surface area contributed by atoms with Crippen LogP contribution in [0.25, 0.3) is 0 Å². The Labute approximate surface area is 76.3 Å². The average Bonchev–Trinajstić information content (AvgIpc) is 1.96. The first-order valence-corrected chi connectivity index (χ1v) is 4.60. The van der Waals surface area contributed by atoms with Crippen LogP contribution in [0, 0.1) is 24.3 Å². The third-order valence-electron chi connectivity index (χ3n) is 1.85. The third-order valence-corrected chi connectivity index (χ3v) is 1.85. The quantitative estimate of drug-likeness (QED) is 0.448. The Kier molecular flexibility index (Phi) is 5.45. The van der Waals surface area contributed by atoms with E-state index in [2.05, 4.69) is 38.7 Å². The number of terminal acetylenes is 1. The van der Waals surface area contributed by atoms with Crippen molar-refractivity contribution in [1.29, 1.82) is 0 Å². The molecular formula is C11H19N. The molecule has 0 aliphatic rings. The van der Waals surface area contributed by atoms with Gasteiger partial charge in [0, 0.05) is 11.8 Å². The Morgan fingerprint density at radius 2 is 1.92 bits per heavy atom. The van der Waals surface area contributed by atoms with Gasteiger partial charge in [0.2, 0.25) is 0 Å². The smallest absolute Gasteiger partial charge is 0.0311 e. The summed E-state index contributed by atoms with van der Waals surface area (Å²) in [6, 6.07) is 2.36. The lowest BCUT2D eigenvalue weighted by molar-refractivity contribution is 0.595. The second-order valence-electron chi connectivity index (χ2n) is 3.82. The molecule has 0 N–H and O–H groups in total. The van der Waals surface area contributed by atoms with Crippen molar-refractivity contribution in [2.75, 3.05) is 0 Å². The van der Waals surface area contributed by atoms with E-state index in [4.69, 9.17) is 6.42 Å². The van der Waals surface area contributed by atoms with Crippen LogP contribution in [0.5, 0.6) is 0 Å². The predicted molar refractivity (Wildman–Crippen MR) is 55.2 cm³/mol. The van der Waals surface area contributed by atoms with Crippen LogP contribution >= 0.6 is 0 Å². The molecule has 0 rings (SSSR count). The van der Waals surface area contributed by atoms with Crippen LogP contribution in [0.1, 0.15) is 40.5 Å². The standard InChI is InChI=1S/C11H19N/c1-6-12-11(10(4)5)8-7-9(2)3/h1,9-10H,7-8H2,2-5H3/b12-11+. The molecule has 0 aromatic heterocycles. The lowest BCUT2D eigenvalue weighted by Gasteiger charge is -2.09. The normalized spacial score (nSPS) is 12.2. The summed E-state index contributed by atoms with van der Waals surface area (Å²) in [5, 5.41) is 0. The molecule has 0 saturated carbocycles. The van der Waals surface area contributed by atoms with Crippen molar-refractivity contribution < 1.29 is 0 Å². The molecule has 0 aliphatic carbocycles. The van der Waals surface area contributed by atoms with Crippen molar-refractivity contribution in [1.82, 2.24) is 0 Å². The summed E-state index contributed by atoms with van der Waals surface area (Å²) in [6.45, 7) is 8.70. The van der Waals surface area contributed by atoms with E-state index in [9.17, 15) is 0 Å². The van der Waals surface area contributed by atoms with Gasteiger partial charge < -0.3 is 0 Å². The van der Waals surface area contributed by atoms with Crippen molar-refractivity contribution in [2.24, 2.45) is 16.8 Å². The Bertz CT molecular complexity index is 182. The highest BCUT2D eigenvalue weighted by atomic mass is 14.7. The molecule has 0 aliphatic heterocycles. The van der Waals surface area contributed by atoms with Gasteiger partial charge in [0.25, 0.3) is 0 Å². The molecule has 0 unspecified atom stereocenters. The van der Waals surface area contributed by atoms with Crippen molar-refractivity contribution >= 4 is 5.71 Å². The Hall–Kier alpha value is -0.770. The van der Waals surface area contributed by atoms with Gasteiger partial charge in [0.05, 0.1) is 0 Å². The summed E-state index contributed by atoms with van der Waals surface area (Å²) in [5.74, 6) is 1.21. The minimum Gasteiger partial charge on any atom is -0.207 e. The Balaban J connectivity index is 4.00. The maximum Gasteiger partial charge on any atom is 0.0311 e. The van der Waals surface area contributed by atoms with Crippen molar-refractivity contribution in [3.05, 3.63) is 0 Å². The Morgan fingerprint density at radius 3 is 2.25 bits per heavy atom. The molecule has 0 spiro atoms. The van der Waals surface area contributed by atoms with Crippen molar-refractivity contribution in [3.8, 4) is 12.5 Å². The van der Waals surface area contributed by atoms with Crippen LogP contribution in [-0.4, -0.2) is 5.71 Å². The Morgan fingerprint density at radius 1 is 1.33 bits per heavy atom. The minimum absolute atomic E-state index is 0.486. The summed E-state index contributed by atoms with van der Waals surface area (Å²) in [5.41, 5.74) is 1.16. The molecular weight excluding hydrogens is 146 g/mol. The fourth-order valence-electron chi connectivity index (χ4n) is 0.993. The summed E-state index contributed by atoms with van der Waals surface area (Å²) in [7, 11) is 0. The molecule has 0 heterocycles. The van der Waals surface area contributed by atoms with Gasteiger partial charge in [-0.3, -0.25) is 0 Å². The van der Waals surface area contributed by atoms with E-state index >= 15 is 0 Å². The van der Waals surface area contributed by atoms with E-state index in [1.54, 1.807) is 0 Å². The van der Waals surface area contributed by atoms with Crippen LogP contribution in [-0.2, 0) is 0 Å². The molecule has 12 heavy (non-hydrogen) atoms. The molecule has 0 atom stereocenters. The largest absolute Gasteiger partial charge is 0.207 e. The minimum atomic E-state index is 0.486. The fraction of sp³-hybridized carbons (Fsp3) is 0.727. The van der Waals surface area contributed by atoms with Crippen LogP contribution in [0.4, 0.5) is 0 Å². The highest BCUT2D eigenvalue weighted by molar-refractivity contribution is 5.87. The summed E-state index contributed by atoms with van der Waals surface area (Å²) in [6.07, 6.45) is 7.36. The van der Waals surface area contributed by atoms with E-state index < -0.39 is 0 Å². The molecule has 0 amide bonds. The second kappa shape index (κ2) is 5.83. The zero-order chi connectivity index (χ0) is 9.56. The summed E-state index contributed by atoms with van der Waals surface area (Å²) < 4.78 is 0. The number of hydrogen-bond acceptors (Lipinski definition) is 1. The SMILES string of the molecule is C#C/N=C(\CCC(C)C)C(C)C. The number of aliphatic imine (C=N–C) groups is 1. The summed E-state index contributed by atoms with van der Waals surface area (Å²) in [4.78, 5) is 4.04. The first kappa shape index (κ1) is 11.2. The van der Waals surface area contributed by atoms with Gasteiger partial charge in [-0.15, -0.1) is 0 Å². The highest BCUT2D eigenvalue weighted by Crippen LogP contribution is 2.09. The molecule has 1 nitrogen and oxygen atoms in total. The zero-order valence-corrected chi connectivity index (χ0v) is 8.59. The number of nitrogens with zero attached hydrogens (tertiary/aromatic N) is 1. The fourth-order valence-corrected chi connectivity index (χ4v) is 0.993. The molecule has 0 aromatic carbocycles. The monoisotopic (exact) mass is 165 g/mol. The van der Waals surface area contributed by atoms with Gasteiger partial charge in [-0.2, -0.15) is 0 Å². The zero-order valence-electron chi connectivity index (χ0n) is 8.59. The van der Waals surface area contributed by atoms with E-state index in [1.807, 2.05) is 0 Å². The lowest BCUT2D eigenvalue weighted by atomic mass is 9.99. The molecule has 0 bridgehead atoms. The number of hydrogen-bond donors (Lipinski definition) is 0. The first-order valence-electron chi connectivity index (χ1n) is 4.60. The molecule has 68 valence electrons. The van der Waals surface area contributed by atoms with Crippen LogP contribution in [0.15, 0.2) is 4.99 Å².